The molecular formula is C8H17NO2. The molecule has 1 aliphatic heterocycles. The number of hydrogen-bond donors (Lipinski definition) is 1. The largest absolute Gasteiger partial charge is 0.391 e. The van der Waals surface area contributed by atoms with Crippen molar-refractivity contribution in [1.82, 2.24) is 4.90 Å². The van der Waals surface area contributed by atoms with E-state index in [9.17, 15) is 4.79 Å². The average molecular weight is 159 g/mol. The summed E-state index contributed by atoms with van der Waals surface area (Å²) in [4.78, 5) is 12.4. The first-order chi connectivity index (χ1) is 4.70. The Morgan fingerprint density at radius 1 is 1.64 bits per heavy atom. The molecule has 0 bridgehead atoms. The van der Waals surface area contributed by atoms with Crippen LogP contribution < -0.4 is 0 Å². The molecule has 0 aliphatic carbocycles. The zero-order valence-electron chi connectivity index (χ0n) is 6.21. The maximum atomic E-state index is 10.8. The molecule has 66 valence electrons. The molecule has 1 aliphatic rings. The summed E-state index contributed by atoms with van der Waals surface area (Å²) in [5.41, 5.74) is 0. The van der Waals surface area contributed by atoms with Crippen molar-refractivity contribution in [3.63, 3.8) is 0 Å². The van der Waals surface area contributed by atoms with Gasteiger partial charge in [-0.2, -0.15) is 0 Å². The molecule has 1 N–H and O–H groups in total. The van der Waals surface area contributed by atoms with Crippen molar-refractivity contribution in [1.29, 1.82) is 0 Å². The van der Waals surface area contributed by atoms with Gasteiger partial charge in [-0.1, -0.05) is 7.43 Å². The van der Waals surface area contributed by atoms with Gasteiger partial charge in [0.25, 0.3) is 0 Å². The highest BCUT2D eigenvalue weighted by Crippen LogP contribution is 2.08. The van der Waals surface area contributed by atoms with Crippen molar-refractivity contribution in [3.8, 4) is 0 Å². The lowest BCUT2D eigenvalue weighted by Crippen LogP contribution is -2.40. The summed E-state index contributed by atoms with van der Waals surface area (Å²) in [5, 5.41) is 9.13. The molecule has 3 heteroatoms. The fourth-order valence-electron chi connectivity index (χ4n) is 1.24. The molecule has 0 aromatic carbocycles. The van der Waals surface area contributed by atoms with Gasteiger partial charge in [-0.15, -0.1) is 0 Å². The molecule has 1 unspecified atom stereocenters. The average Bonchev–Trinajstić information content (AvgIpc) is 1.88. The summed E-state index contributed by atoms with van der Waals surface area (Å²) in [6.45, 7) is 2.87. The number of aliphatic hydroxyl groups excluding tert-OH is 1. The van der Waals surface area contributed by atoms with Gasteiger partial charge in [0.15, 0.2) is 0 Å². The van der Waals surface area contributed by atoms with E-state index < -0.39 is 0 Å². The van der Waals surface area contributed by atoms with Crippen LogP contribution in [0, 0.1) is 0 Å². The lowest BCUT2D eigenvalue weighted by molar-refractivity contribution is -0.131. The van der Waals surface area contributed by atoms with Gasteiger partial charge < -0.3 is 10.0 Å². The van der Waals surface area contributed by atoms with E-state index in [0.29, 0.717) is 6.54 Å². The molecule has 1 atom stereocenters. The van der Waals surface area contributed by atoms with Crippen molar-refractivity contribution < 1.29 is 9.90 Å². The molecule has 1 heterocycles. The van der Waals surface area contributed by atoms with Crippen LogP contribution in [-0.4, -0.2) is 35.1 Å². The summed E-state index contributed by atoms with van der Waals surface area (Å²) >= 11 is 0. The molecule has 1 fully saturated rings. The van der Waals surface area contributed by atoms with Gasteiger partial charge in [-0.05, 0) is 12.8 Å². The number of β-amino-alcohol motifs (C(OH)–C–C–N with tert-alkyl or cyclic N) is 1. The number of carbonyl (C=O) groups excluding carboxylic acids is 1. The number of piperidine rings is 1. The second kappa shape index (κ2) is 4.34. The van der Waals surface area contributed by atoms with Crippen molar-refractivity contribution >= 4 is 5.91 Å². The first kappa shape index (κ1) is 10.4. The van der Waals surface area contributed by atoms with Gasteiger partial charge in [-0.25, -0.2) is 0 Å². The molecule has 1 rings (SSSR count). The van der Waals surface area contributed by atoms with Gasteiger partial charge >= 0.3 is 0 Å². The Morgan fingerprint density at radius 3 is 2.64 bits per heavy atom. The lowest BCUT2D eigenvalue weighted by Gasteiger charge is -2.28. The standard InChI is InChI=1S/C7H13NO2.CH4/c1-6(9)8-4-2-3-7(10)5-8;/h7,10H,2-5H2,1H3;1H4. The number of carbonyl (C=O) groups is 1. The number of hydrogen-bond acceptors (Lipinski definition) is 2. The quantitative estimate of drug-likeness (QED) is 0.563. The third-order valence-corrected chi connectivity index (χ3v) is 1.84. The Hall–Kier alpha value is -0.570. The van der Waals surface area contributed by atoms with Crippen LogP contribution in [0.15, 0.2) is 0 Å². The second-order valence-corrected chi connectivity index (χ2v) is 2.76. The molecule has 0 radical (unpaired) electrons. The van der Waals surface area contributed by atoms with E-state index in [4.69, 9.17) is 5.11 Å². The van der Waals surface area contributed by atoms with E-state index in [0.717, 1.165) is 19.4 Å². The minimum absolute atomic E-state index is 0. The molecule has 1 saturated heterocycles. The SMILES string of the molecule is C.CC(=O)N1CCCC(O)C1. The van der Waals surface area contributed by atoms with E-state index in [-0.39, 0.29) is 19.4 Å². The van der Waals surface area contributed by atoms with Crippen molar-refractivity contribution in [3.05, 3.63) is 0 Å². The van der Waals surface area contributed by atoms with Crippen molar-refractivity contribution in [2.75, 3.05) is 13.1 Å². The Balaban J connectivity index is 0.000001000. The van der Waals surface area contributed by atoms with E-state index in [1.54, 1.807) is 4.90 Å². The highest BCUT2D eigenvalue weighted by atomic mass is 16.3. The van der Waals surface area contributed by atoms with Crippen LogP contribution in [0.5, 0.6) is 0 Å². The monoisotopic (exact) mass is 159 g/mol. The highest BCUT2D eigenvalue weighted by molar-refractivity contribution is 5.73. The van der Waals surface area contributed by atoms with E-state index in [1.807, 2.05) is 0 Å². The first-order valence-electron chi connectivity index (χ1n) is 3.63. The zero-order valence-corrected chi connectivity index (χ0v) is 6.21. The molecule has 11 heavy (non-hydrogen) atoms. The second-order valence-electron chi connectivity index (χ2n) is 2.76. The smallest absolute Gasteiger partial charge is 0.219 e. The molecule has 0 aromatic heterocycles. The van der Waals surface area contributed by atoms with Crippen LogP contribution >= 0.6 is 0 Å². The van der Waals surface area contributed by atoms with Crippen LogP contribution in [0.2, 0.25) is 0 Å². The molecule has 0 aromatic rings. The van der Waals surface area contributed by atoms with Crippen LogP contribution in [0.3, 0.4) is 0 Å². The van der Waals surface area contributed by atoms with Crippen LogP contribution in [0.25, 0.3) is 0 Å². The summed E-state index contributed by atoms with van der Waals surface area (Å²) in [6, 6.07) is 0. The van der Waals surface area contributed by atoms with Crippen LogP contribution in [0.4, 0.5) is 0 Å². The van der Waals surface area contributed by atoms with E-state index >= 15 is 0 Å². The van der Waals surface area contributed by atoms with E-state index in [2.05, 4.69) is 0 Å². The van der Waals surface area contributed by atoms with Crippen LogP contribution in [0.1, 0.15) is 27.2 Å². The van der Waals surface area contributed by atoms with Gasteiger partial charge in [0.2, 0.25) is 5.91 Å². The maximum absolute atomic E-state index is 10.8. The number of nitrogens with zero attached hydrogens (tertiary/aromatic N) is 1. The van der Waals surface area contributed by atoms with Gasteiger partial charge in [0.05, 0.1) is 6.10 Å². The summed E-state index contributed by atoms with van der Waals surface area (Å²) < 4.78 is 0. The molecule has 0 spiro atoms. The Morgan fingerprint density at radius 2 is 2.27 bits per heavy atom. The Labute approximate surface area is 68.0 Å². The zero-order chi connectivity index (χ0) is 7.56. The van der Waals surface area contributed by atoms with Gasteiger partial charge in [0.1, 0.15) is 0 Å². The topological polar surface area (TPSA) is 40.5 Å². The van der Waals surface area contributed by atoms with Crippen LogP contribution in [-0.2, 0) is 4.79 Å². The molecule has 0 saturated carbocycles. The Bertz CT molecular complexity index is 136. The highest BCUT2D eigenvalue weighted by Gasteiger charge is 2.18. The third-order valence-electron chi connectivity index (χ3n) is 1.84. The Kier molecular flexibility index (Phi) is 4.11. The predicted molar refractivity (Wildman–Crippen MR) is 44.2 cm³/mol. The van der Waals surface area contributed by atoms with Crippen molar-refractivity contribution in [2.45, 2.75) is 33.3 Å². The number of likely N-dealkylation sites (tertiary alicyclic amines) is 1. The molecule has 1 amide bonds. The van der Waals surface area contributed by atoms with Gasteiger partial charge in [0, 0.05) is 20.0 Å². The number of aliphatic hydroxyl groups is 1. The fraction of sp³-hybridized carbons (Fsp3) is 0.875. The summed E-state index contributed by atoms with van der Waals surface area (Å²) in [6.07, 6.45) is 1.47. The normalized spacial score (nSPS) is 24.2. The minimum atomic E-state index is -0.294. The third kappa shape index (κ3) is 2.89. The summed E-state index contributed by atoms with van der Waals surface area (Å²) in [7, 11) is 0. The first-order valence-corrected chi connectivity index (χ1v) is 3.63. The minimum Gasteiger partial charge on any atom is -0.391 e. The maximum Gasteiger partial charge on any atom is 0.219 e. The van der Waals surface area contributed by atoms with Gasteiger partial charge in [-0.3, -0.25) is 4.79 Å². The lowest BCUT2D eigenvalue weighted by atomic mass is 10.1. The van der Waals surface area contributed by atoms with E-state index in [1.165, 1.54) is 6.92 Å². The number of amides is 1. The fourth-order valence-corrected chi connectivity index (χ4v) is 1.24. The van der Waals surface area contributed by atoms with Crippen molar-refractivity contribution in [2.24, 2.45) is 0 Å². The molecular weight excluding hydrogens is 142 g/mol. The summed E-state index contributed by atoms with van der Waals surface area (Å²) in [5.74, 6) is 0.0683. The number of rotatable bonds is 0. The predicted octanol–water partition coefficient (Wildman–Crippen LogP) is 0.626. The molecule has 3 nitrogen and oxygen atoms in total.